The van der Waals surface area contributed by atoms with Gasteiger partial charge in [-0.2, -0.15) is 0 Å². The molecule has 3 heteroatoms. The Kier molecular flexibility index (Phi) is 3.47. The van der Waals surface area contributed by atoms with Crippen LogP contribution in [0.5, 0.6) is 0 Å². The Morgan fingerprint density at radius 3 is 2.54 bits per heavy atom. The maximum atomic E-state index is 12.0. The Hall–Kier alpha value is -0.850. The third kappa shape index (κ3) is 2.30. The van der Waals surface area contributed by atoms with Gasteiger partial charge in [0.2, 0.25) is 0 Å². The highest BCUT2D eigenvalue weighted by molar-refractivity contribution is 7.69. The highest BCUT2D eigenvalue weighted by atomic mass is 31.2. The van der Waals surface area contributed by atoms with E-state index in [9.17, 15) is 4.57 Å². The van der Waals surface area contributed by atoms with Crippen molar-refractivity contribution >= 4 is 12.7 Å². The highest BCUT2D eigenvalue weighted by Crippen LogP contribution is 2.46. The predicted octanol–water partition coefficient (Wildman–Crippen LogP) is 2.77. The molecule has 70 valence electrons. The lowest BCUT2D eigenvalue weighted by atomic mass is 10.4. The van der Waals surface area contributed by atoms with Crippen LogP contribution in [0.15, 0.2) is 42.7 Å². The van der Waals surface area contributed by atoms with Gasteiger partial charge in [-0.05, 0) is 24.9 Å². The molecule has 13 heavy (non-hydrogen) atoms. The van der Waals surface area contributed by atoms with Crippen molar-refractivity contribution in [3.05, 3.63) is 42.7 Å². The summed E-state index contributed by atoms with van der Waals surface area (Å²) in [4.78, 5) is 0. The van der Waals surface area contributed by atoms with Gasteiger partial charge in [0, 0.05) is 5.30 Å². The van der Waals surface area contributed by atoms with Crippen molar-refractivity contribution in [3.8, 4) is 0 Å². The van der Waals surface area contributed by atoms with E-state index in [1.165, 1.54) is 5.82 Å². The standard InChI is InChI=1S/C10H13O2P/c1-3-12-13(11,4-2)10-8-6-5-7-9-10/h4-9H,2-3H2,1H3/t13-/m1/s1. The van der Waals surface area contributed by atoms with E-state index in [1.54, 1.807) is 12.1 Å². The minimum absolute atomic E-state index is 0.429. The van der Waals surface area contributed by atoms with Crippen LogP contribution in [-0.4, -0.2) is 6.61 Å². The first-order valence-electron chi connectivity index (χ1n) is 4.16. The normalized spacial score (nSPS) is 14.8. The lowest BCUT2D eigenvalue weighted by Crippen LogP contribution is -2.04. The SMILES string of the molecule is C=C[P@@](=O)(OCC)c1ccccc1. The Balaban J connectivity index is 3.03. The van der Waals surface area contributed by atoms with Crippen molar-refractivity contribution in [2.75, 3.05) is 6.61 Å². The predicted molar refractivity (Wildman–Crippen MR) is 55.5 cm³/mol. The molecule has 1 atom stereocenters. The molecule has 0 bridgehead atoms. The lowest BCUT2D eigenvalue weighted by molar-refractivity contribution is 0.347. The molecular weight excluding hydrogens is 183 g/mol. The first-order valence-corrected chi connectivity index (χ1v) is 5.86. The maximum Gasteiger partial charge on any atom is 0.253 e. The Morgan fingerprint density at radius 1 is 1.46 bits per heavy atom. The van der Waals surface area contributed by atoms with Crippen LogP contribution in [0.4, 0.5) is 0 Å². The van der Waals surface area contributed by atoms with E-state index in [2.05, 4.69) is 6.58 Å². The second-order valence-corrected chi connectivity index (χ2v) is 4.87. The Morgan fingerprint density at radius 2 is 2.08 bits per heavy atom. The van der Waals surface area contributed by atoms with Crippen LogP contribution >= 0.6 is 7.37 Å². The molecular formula is C10H13O2P. The molecule has 0 fully saturated rings. The molecule has 0 amide bonds. The molecule has 1 rings (SSSR count). The van der Waals surface area contributed by atoms with Crippen LogP contribution in [0, 0.1) is 0 Å². The van der Waals surface area contributed by atoms with Crippen LogP contribution < -0.4 is 5.30 Å². The molecule has 0 N–H and O–H groups in total. The summed E-state index contributed by atoms with van der Waals surface area (Å²) in [7, 11) is -2.79. The van der Waals surface area contributed by atoms with Crippen molar-refractivity contribution in [2.45, 2.75) is 6.92 Å². The molecule has 1 aromatic carbocycles. The van der Waals surface area contributed by atoms with E-state index in [4.69, 9.17) is 4.52 Å². The van der Waals surface area contributed by atoms with E-state index in [-0.39, 0.29) is 0 Å². The second kappa shape index (κ2) is 4.40. The summed E-state index contributed by atoms with van der Waals surface area (Å²) >= 11 is 0. The fourth-order valence-corrected chi connectivity index (χ4v) is 2.50. The molecule has 0 aliphatic heterocycles. The van der Waals surface area contributed by atoms with Gasteiger partial charge >= 0.3 is 0 Å². The Labute approximate surface area is 78.7 Å². The minimum atomic E-state index is -2.79. The molecule has 0 aromatic heterocycles. The zero-order chi connectivity index (χ0) is 9.73. The molecule has 0 aliphatic carbocycles. The summed E-state index contributed by atoms with van der Waals surface area (Å²) < 4.78 is 17.2. The Bertz CT molecular complexity index is 319. The summed E-state index contributed by atoms with van der Waals surface area (Å²) in [6.07, 6.45) is 0. The van der Waals surface area contributed by atoms with Gasteiger partial charge in [-0.15, -0.1) is 0 Å². The van der Waals surface area contributed by atoms with E-state index < -0.39 is 7.37 Å². The van der Waals surface area contributed by atoms with Crippen LogP contribution in [0.2, 0.25) is 0 Å². The third-order valence-electron chi connectivity index (χ3n) is 1.68. The highest BCUT2D eigenvalue weighted by Gasteiger charge is 2.19. The van der Waals surface area contributed by atoms with Crippen molar-refractivity contribution < 1.29 is 9.09 Å². The maximum absolute atomic E-state index is 12.0. The van der Waals surface area contributed by atoms with Crippen LogP contribution in [-0.2, 0) is 9.09 Å². The molecule has 0 spiro atoms. The van der Waals surface area contributed by atoms with Gasteiger partial charge in [0.15, 0.2) is 0 Å². The first kappa shape index (κ1) is 10.2. The van der Waals surface area contributed by atoms with E-state index in [0.717, 1.165) is 0 Å². The van der Waals surface area contributed by atoms with Gasteiger partial charge in [0.05, 0.1) is 6.61 Å². The lowest BCUT2D eigenvalue weighted by Gasteiger charge is -2.12. The average molecular weight is 196 g/mol. The van der Waals surface area contributed by atoms with Crippen molar-refractivity contribution in [3.63, 3.8) is 0 Å². The van der Waals surface area contributed by atoms with Crippen LogP contribution in [0.25, 0.3) is 0 Å². The summed E-state index contributed by atoms with van der Waals surface area (Å²) in [5, 5.41) is 0.701. The number of hydrogen-bond acceptors (Lipinski definition) is 2. The number of rotatable bonds is 4. The van der Waals surface area contributed by atoms with Crippen molar-refractivity contribution in [1.29, 1.82) is 0 Å². The van der Waals surface area contributed by atoms with Gasteiger partial charge in [0.25, 0.3) is 7.37 Å². The summed E-state index contributed by atoms with van der Waals surface area (Å²) in [6.45, 7) is 5.79. The third-order valence-corrected chi connectivity index (χ3v) is 3.82. The topological polar surface area (TPSA) is 26.3 Å². The van der Waals surface area contributed by atoms with Crippen molar-refractivity contribution in [2.24, 2.45) is 0 Å². The van der Waals surface area contributed by atoms with Crippen LogP contribution in [0.3, 0.4) is 0 Å². The van der Waals surface area contributed by atoms with Gasteiger partial charge in [-0.1, -0.05) is 24.8 Å². The molecule has 0 saturated heterocycles. The largest absolute Gasteiger partial charge is 0.323 e. The minimum Gasteiger partial charge on any atom is -0.323 e. The van der Waals surface area contributed by atoms with E-state index in [0.29, 0.717) is 11.9 Å². The number of hydrogen-bond donors (Lipinski definition) is 0. The van der Waals surface area contributed by atoms with E-state index >= 15 is 0 Å². The molecule has 0 unspecified atom stereocenters. The molecule has 2 nitrogen and oxygen atoms in total. The summed E-state index contributed by atoms with van der Waals surface area (Å²) in [5.41, 5.74) is 0. The second-order valence-electron chi connectivity index (χ2n) is 2.53. The molecule has 0 radical (unpaired) electrons. The smallest absolute Gasteiger partial charge is 0.253 e. The zero-order valence-electron chi connectivity index (χ0n) is 7.64. The summed E-state index contributed by atoms with van der Waals surface area (Å²) in [5.74, 6) is 1.39. The van der Waals surface area contributed by atoms with Gasteiger partial charge in [0.1, 0.15) is 0 Å². The molecule has 0 aliphatic rings. The van der Waals surface area contributed by atoms with E-state index in [1.807, 2.05) is 25.1 Å². The quantitative estimate of drug-likeness (QED) is 0.692. The van der Waals surface area contributed by atoms with Crippen molar-refractivity contribution in [1.82, 2.24) is 0 Å². The number of benzene rings is 1. The summed E-state index contributed by atoms with van der Waals surface area (Å²) in [6, 6.07) is 9.13. The average Bonchev–Trinajstić information content (AvgIpc) is 2.19. The molecule has 1 aromatic rings. The fraction of sp³-hybridized carbons (Fsp3) is 0.200. The first-order chi connectivity index (χ1) is 6.23. The fourth-order valence-electron chi connectivity index (χ4n) is 1.06. The van der Waals surface area contributed by atoms with Gasteiger partial charge in [-0.25, -0.2) is 0 Å². The molecule has 0 heterocycles. The molecule has 0 saturated carbocycles. The van der Waals surface area contributed by atoms with Crippen LogP contribution in [0.1, 0.15) is 6.92 Å². The monoisotopic (exact) mass is 196 g/mol. The van der Waals surface area contributed by atoms with Gasteiger partial charge < -0.3 is 4.52 Å². The van der Waals surface area contributed by atoms with Gasteiger partial charge in [-0.3, -0.25) is 4.57 Å². The zero-order valence-corrected chi connectivity index (χ0v) is 8.54.